The Bertz CT molecular complexity index is 1690. The Balaban J connectivity index is 1.23. The smallest absolute Gasteiger partial charge is 0.326 e. The number of amides is 6. The summed E-state index contributed by atoms with van der Waals surface area (Å²) in [5.41, 5.74) is 7.81. The molecule has 17 nitrogen and oxygen atoms in total. The summed E-state index contributed by atoms with van der Waals surface area (Å²) >= 11 is 0. The van der Waals surface area contributed by atoms with Crippen LogP contribution in [0.2, 0.25) is 0 Å². The summed E-state index contributed by atoms with van der Waals surface area (Å²) < 4.78 is 0. The first kappa shape index (κ1) is 40.9. The highest BCUT2D eigenvalue weighted by atomic mass is 16.4. The van der Waals surface area contributed by atoms with E-state index in [2.05, 4.69) is 25.9 Å². The molecule has 3 saturated heterocycles. The van der Waals surface area contributed by atoms with E-state index in [4.69, 9.17) is 5.73 Å². The van der Waals surface area contributed by atoms with E-state index in [1.807, 2.05) is 44.2 Å². The first-order valence-corrected chi connectivity index (χ1v) is 19.1. The standard InChI is InChI=1S/C38H53N9O8/c1-23(2)17-28(38(54)55)43-32(48)21-41-33(49)29-11-6-15-46(29)37(53)31-13-8-16-47(31)36(52)27(19-25-20-40-22-42-25)44-34(50)30-12-7-14-45(30)35(51)26(39)18-24-9-4-3-5-10-24/h3-5,9-10,20,22-23,26-31H,6-8,11-19,21,39H2,1-2H3,(H,40,42)(H,41,49)(H,43,48)(H,44,50)(H,54,55)/t26-,27-,28-,29-,30-,31-/m0/s1. The van der Waals surface area contributed by atoms with Crippen LogP contribution in [-0.2, 0) is 46.4 Å². The van der Waals surface area contributed by atoms with Gasteiger partial charge in [0, 0.05) is 37.9 Å². The summed E-state index contributed by atoms with van der Waals surface area (Å²) in [6.45, 7) is 4.12. The lowest BCUT2D eigenvalue weighted by Gasteiger charge is -2.33. The fraction of sp³-hybridized carbons (Fsp3) is 0.579. The van der Waals surface area contributed by atoms with Gasteiger partial charge in [0.25, 0.3) is 0 Å². The van der Waals surface area contributed by atoms with Crippen LogP contribution in [0.4, 0.5) is 0 Å². The van der Waals surface area contributed by atoms with Crippen molar-refractivity contribution in [3.8, 4) is 0 Å². The lowest BCUT2D eigenvalue weighted by atomic mass is 10.0. The van der Waals surface area contributed by atoms with E-state index in [0.29, 0.717) is 57.2 Å². The molecule has 3 aliphatic rings. The number of carboxylic acids is 1. The zero-order valence-corrected chi connectivity index (χ0v) is 31.4. The lowest BCUT2D eigenvalue weighted by Crippen LogP contribution is -2.59. The molecule has 17 heteroatoms. The number of H-pyrrole nitrogens is 1. The van der Waals surface area contributed by atoms with Crippen LogP contribution < -0.4 is 21.7 Å². The Morgan fingerprint density at radius 3 is 2.05 bits per heavy atom. The molecule has 0 aliphatic carbocycles. The molecule has 0 spiro atoms. The number of aromatic nitrogens is 2. The van der Waals surface area contributed by atoms with Gasteiger partial charge in [0.05, 0.1) is 18.9 Å². The van der Waals surface area contributed by atoms with Gasteiger partial charge < -0.3 is 46.5 Å². The lowest BCUT2D eigenvalue weighted by molar-refractivity contribution is -0.148. The maximum atomic E-state index is 14.3. The van der Waals surface area contributed by atoms with Crippen LogP contribution in [0.5, 0.6) is 0 Å². The maximum Gasteiger partial charge on any atom is 0.326 e. The fourth-order valence-corrected chi connectivity index (χ4v) is 7.76. The Morgan fingerprint density at radius 2 is 1.44 bits per heavy atom. The highest BCUT2D eigenvalue weighted by molar-refractivity contribution is 5.97. The molecule has 6 atom stereocenters. The molecule has 298 valence electrons. The summed E-state index contributed by atoms with van der Waals surface area (Å²) in [6, 6.07) is 3.80. The van der Waals surface area contributed by atoms with Gasteiger partial charge in [0.15, 0.2) is 0 Å². The molecule has 7 N–H and O–H groups in total. The third-order valence-electron chi connectivity index (χ3n) is 10.5. The van der Waals surface area contributed by atoms with E-state index in [-0.39, 0.29) is 37.8 Å². The molecule has 0 radical (unpaired) electrons. The third kappa shape index (κ3) is 10.5. The Hall–Kier alpha value is -5.32. The number of nitrogens with one attached hydrogen (secondary N) is 4. The Labute approximate surface area is 320 Å². The molecular formula is C38H53N9O8. The number of nitrogens with two attached hydrogens (primary N) is 1. The van der Waals surface area contributed by atoms with E-state index >= 15 is 0 Å². The van der Waals surface area contributed by atoms with E-state index in [0.717, 1.165) is 5.56 Å². The van der Waals surface area contributed by atoms with Crippen molar-refractivity contribution in [2.75, 3.05) is 26.2 Å². The summed E-state index contributed by atoms with van der Waals surface area (Å²) in [6.07, 6.45) is 6.41. The van der Waals surface area contributed by atoms with Crippen molar-refractivity contribution >= 4 is 41.4 Å². The summed E-state index contributed by atoms with van der Waals surface area (Å²) in [5, 5.41) is 17.3. The predicted octanol–water partition coefficient (Wildman–Crippen LogP) is -0.288. The average molecular weight is 764 g/mol. The van der Waals surface area contributed by atoms with Gasteiger partial charge in [-0.05, 0) is 62.8 Å². The minimum Gasteiger partial charge on any atom is -0.480 e. The minimum atomic E-state index is -1.17. The van der Waals surface area contributed by atoms with Crippen LogP contribution in [0, 0.1) is 5.92 Å². The molecule has 1 aromatic carbocycles. The van der Waals surface area contributed by atoms with Gasteiger partial charge in [-0.2, -0.15) is 0 Å². The molecule has 0 unspecified atom stereocenters. The van der Waals surface area contributed by atoms with Crippen molar-refractivity contribution in [1.29, 1.82) is 0 Å². The molecule has 55 heavy (non-hydrogen) atoms. The van der Waals surface area contributed by atoms with Gasteiger partial charge in [-0.25, -0.2) is 9.78 Å². The number of hydrogen-bond donors (Lipinski definition) is 6. The fourth-order valence-electron chi connectivity index (χ4n) is 7.76. The molecule has 0 saturated carbocycles. The number of carbonyl (C=O) groups excluding carboxylic acids is 6. The van der Waals surface area contributed by atoms with Crippen LogP contribution in [-0.4, -0.2) is 134 Å². The quantitative estimate of drug-likeness (QED) is 0.131. The van der Waals surface area contributed by atoms with Crippen LogP contribution in [0.3, 0.4) is 0 Å². The van der Waals surface area contributed by atoms with Crippen molar-refractivity contribution < 1.29 is 38.7 Å². The largest absolute Gasteiger partial charge is 0.480 e. The van der Waals surface area contributed by atoms with E-state index in [1.165, 1.54) is 21.0 Å². The predicted molar refractivity (Wildman–Crippen MR) is 199 cm³/mol. The number of hydrogen-bond acceptors (Lipinski definition) is 9. The number of rotatable bonds is 16. The molecule has 2 aromatic rings. The Kier molecular flexibility index (Phi) is 14.0. The second-order valence-corrected chi connectivity index (χ2v) is 15.0. The van der Waals surface area contributed by atoms with Gasteiger partial charge >= 0.3 is 5.97 Å². The second-order valence-electron chi connectivity index (χ2n) is 15.0. The molecule has 3 fully saturated rings. The van der Waals surface area contributed by atoms with Crippen molar-refractivity contribution in [3.05, 3.63) is 54.1 Å². The van der Waals surface area contributed by atoms with E-state index < -0.39 is 78.3 Å². The van der Waals surface area contributed by atoms with Gasteiger partial charge in [-0.15, -0.1) is 0 Å². The second kappa shape index (κ2) is 18.8. The number of aromatic amines is 1. The Morgan fingerprint density at radius 1 is 0.818 bits per heavy atom. The highest BCUT2D eigenvalue weighted by Gasteiger charge is 2.45. The van der Waals surface area contributed by atoms with E-state index in [1.54, 1.807) is 6.20 Å². The zero-order chi connectivity index (χ0) is 39.6. The van der Waals surface area contributed by atoms with E-state index in [9.17, 15) is 38.7 Å². The maximum absolute atomic E-state index is 14.3. The molecule has 4 heterocycles. The first-order valence-electron chi connectivity index (χ1n) is 19.1. The molecule has 0 bridgehead atoms. The molecule has 6 amide bonds. The van der Waals surface area contributed by atoms with Crippen molar-refractivity contribution in [1.82, 2.24) is 40.6 Å². The molecule has 1 aromatic heterocycles. The number of aliphatic carboxylic acids is 1. The topological polar surface area (TPSA) is 240 Å². The minimum absolute atomic E-state index is 0.0243. The zero-order valence-electron chi connectivity index (χ0n) is 31.4. The number of carbonyl (C=O) groups is 7. The number of carboxylic acid groups (broad SMARTS) is 1. The van der Waals surface area contributed by atoms with Crippen LogP contribution in [0.1, 0.15) is 70.1 Å². The monoisotopic (exact) mass is 763 g/mol. The van der Waals surface area contributed by atoms with Gasteiger partial charge in [-0.1, -0.05) is 44.2 Å². The first-order chi connectivity index (χ1) is 26.3. The molecule has 3 aliphatic heterocycles. The number of nitrogens with zero attached hydrogens (tertiary/aromatic N) is 4. The number of likely N-dealkylation sites (tertiary alicyclic amines) is 3. The normalized spacial score (nSPS) is 21.2. The van der Waals surface area contributed by atoms with Crippen molar-refractivity contribution in [2.24, 2.45) is 11.7 Å². The van der Waals surface area contributed by atoms with Crippen LogP contribution in [0.15, 0.2) is 42.9 Å². The molecular weight excluding hydrogens is 710 g/mol. The summed E-state index contributed by atoms with van der Waals surface area (Å²) in [4.78, 5) is 104. The third-order valence-corrected chi connectivity index (χ3v) is 10.5. The van der Waals surface area contributed by atoms with Gasteiger partial charge in [0.1, 0.15) is 30.2 Å². The number of imidazole rings is 1. The summed E-state index contributed by atoms with van der Waals surface area (Å²) in [7, 11) is 0. The van der Waals surface area contributed by atoms with Gasteiger partial charge in [-0.3, -0.25) is 28.8 Å². The van der Waals surface area contributed by atoms with Crippen LogP contribution in [0.25, 0.3) is 0 Å². The van der Waals surface area contributed by atoms with Crippen molar-refractivity contribution in [2.45, 2.75) is 108 Å². The average Bonchev–Trinajstić information content (AvgIpc) is 4.00. The number of benzene rings is 1. The van der Waals surface area contributed by atoms with Crippen molar-refractivity contribution in [3.63, 3.8) is 0 Å². The molecule has 5 rings (SSSR count). The SMILES string of the molecule is CC(C)C[C@H](NC(=O)CNC(=O)[C@@H]1CCCN1C(=O)[C@@H]1CCCN1C(=O)[C@H](Cc1cnc[nH]1)NC(=O)[C@@H]1CCCN1C(=O)[C@@H](N)Cc1ccccc1)C(=O)O. The summed E-state index contributed by atoms with van der Waals surface area (Å²) in [5.74, 6) is -4.05. The van der Waals surface area contributed by atoms with Gasteiger partial charge in [0.2, 0.25) is 35.4 Å². The highest BCUT2D eigenvalue weighted by Crippen LogP contribution is 2.27. The van der Waals surface area contributed by atoms with Crippen LogP contribution >= 0.6 is 0 Å².